The average Bonchev–Trinajstić information content (AvgIpc) is 2.56. The minimum absolute atomic E-state index is 0.0362. The van der Waals surface area contributed by atoms with Gasteiger partial charge in [-0.2, -0.15) is 8.42 Å². The van der Waals surface area contributed by atoms with Crippen molar-refractivity contribution < 1.29 is 13.0 Å². The van der Waals surface area contributed by atoms with E-state index < -0.39 is 20.6 Å². The number of aryl methyl sites for hydroxylation is 1. The number of rotatable bonds is 2. The van der Waals surface area contributed by atoms with Crippen LogP contribution in [0.5, 0.6) is 0 Å². The SMILES string of the molecule is Cc1cc(=O)n(-c2c(Cl)cccc2S(=O)(=O)O)[nH]1. The fourth-order valence-corrected chi connectivity index (χ4v) is 2.61. The summed E-state index contributed by atoms with van der Waals surface area (Å²) < 4.78 is 32.6. The predicted molar refractivity (Wildman–Crippen MR) is 66.0 cm³/mol. The third kappa shape index (κ3) is 2.20. The van der Waals surface area contributed by atoms with Crippen molar-refractivity contribution in [2.75, 3.05) is 0 Å². The van der Waals surface area contributed by atoms with E-state index in [1.54, 1.807) is 6.92 Å². The number of hydrogen-bond donors (Lipinski definition) is 2. The Balaban J connectivity index is 2.87. The molecule has 2 N–H and O–H groups in total. The zero-order valence-corrected chi connectivity index (χ0v) is 10.8. The highest BCUT2D eigenvalue weighted by atomic mass is 35.5. The van der Waals surface area contributed by atoms with E-state index in [1.165, 1.54) is 24.3 Å². The molecule has 0 bridgehead atoms. The van der Waals surface area contributed by atoms with Crippen LogP contribution in [0, 0.1) is 6.92 Å². The molecule has 8 heteroatoms. The average molecular weight is 289 g/mol. The Hall–Kier alpha value is -1.57. The van der Waals surface area contributed by atoms with Crippen molar-refractivity contribution in [2.24, 2.45) is 0 Å². The molecule has 0 spiro atoms. The highest BCUT2D eigenvalue weighted by Gasteiger charge is 2.20. The zero-order chi connectivity index (χ0) is 13.5. The predicted octanol–water partition coefficient (Wildman–Crippen LogP) is 1.37. The van der Waals surface area contributed by atoms with Gasteiger partial charge in [-0.25, -0.2) is 4.68 Å². The van der Waals surface area contributed by atoms with Crippen LogP contribution < -0.4 is 5.56 Å². The molecule has 0 aliphatic heterocycles. The van der Waals surface area contributed by atoms with Gasteiger partial charge in [0.1, 0.15) is 10.6 Å². The van der Waals surface area contributed by atoms with Crippen molar-refractivity contribution in [3.8, 4) is 5.69 Å². The summed E-state index contributed by atoms with van der Waals surface area (Å²) in [5, 5.41) is 2.69. The number of nitrogens with one attached hydrogen (secondary N) is 1. The Bertz CT molecular complexity index is 760. The van der Waals surface area contributed by atoms with Crippen LogP contribution >= 0.6 is 11.6 Å². The van der Waals surface area contributed by atoms with Gasteiger partial charge in [0.15, 0.2) is 0 Å². The number of benzene rings is 1. The fourth-order valence-electron chi connectivity index (χ4n) is 1.60. The lowest BCUT2D eigenvalue weighted by Crippen LogP contribution is -2.17. The maximum absolute atomic E-state index is 11.7. The van der Waals surface area contributed by atoms with E-state index in [0.29, 0.717) is 5.69 Å². The largest absolute Gasteiger partial charge is 0.296 e. The van der Waals surface area contributed by atoms with E-state index in [2.05, 4.69) is 5.10 Å². The van der Waals surface area contributed by atoms with Gasteiger partial charge in [-0.1, -0.05) is 17.7 Å². The molecule has 1 heterocycles. The number of aromatic amines is 1. The number of halogens is 1. The number of hydrogen-bond acceptors (Lipinski definition) is 3. The van der Waals surface area contributed by atoms with Crippen LogP contribution in [0.4, 0.5) is 0 Å². The number of nitrogens with zero attached hydrogens (tertiary/aromatic N) is 1. The molecule has 0 saturated heterocycles. The van der Waals surface area contributed by atoms with Crippen molar-refractivity contribution in [1.29, 1.82) is 0 Å². The van der Waals surface area contributed by atoms with E-state index in [-0.39, 0.29) is 10.7 Å². The van der Waals surface area contributed by atoms with Crippen molar-refractivity contribution in [2.45, 2.75) is 11.8 Å². The Kier molecular flexibility index (Phi) is 3.05. The van der Waals surface area contributed by atoms with E-state index in [4.69, 9.17) is 16.2 Å². The van der Waals surface area contributed by atoms with Crippen LogP contribution in [-0.2, 0) is 10.1 Å². The van der Waals surface area contributed by atoms with Gasteiger partial charge in [-0.3, -0.25) is 14.4 Å². The molecule has 2 aromatic rings. The van der Waals surface area contributed by atoms with Crippen LogP contribution in [-0.4, -0.2) is 22.8 Å². The van der Waals surface area contributed by atoms with Gasteiger partial charge in [0.25, 0.3) is 15.7 Å². The Morgan fingerprint density at radius 3 is 2.56 bits per heavy atom. The summed E-state index contributed by atoms with van der Waals surface area (Å²) in [6.45, 7) is 1.64. The molecule has 0 fully saturated rings. The van der Waals surface area contributed by atoms with Crippen LogP contribution in [0.25, 0.3) is 5.69 Å². The second kappa shape index (κ2) is 4.27. The van der Waals surface area contributed by atoms with Crippen LogP contribution in [0.2, 0.25) is 5.02 Å². The second-order valence-corrected chi connectivity index (χ2v) is 5.47. The highest BCUT2D eigenvalue weighted by molar-refractivity contribution is 7.86. The van der Waals surface area contributed by atoms with Gasteiger partial charge in [-0.05, 0) is 19.1 Å². The Labute approximate surface area is 108 Å². The lowest BCUT2D eigenvalue weighted by atomic mass is 10.3. The first kappa shape index (κ1) is 12.9. The minimum Gasteiger partial charge on any atom is -0.295 e. The molecule has 18 heavy (non-hydrogen) atoms. The first-order chi connectivity index (χ1) is 8.30. The molecular weight excluding hydrogens is 280 g/mol. The van der Waals surface area contributed by atoms with Gasteiger partial charge in [-0.15, -0.1) is 0 Å². The normalized spacial score (nSPS) is 11.7. The number of aromatic nitrogens is 2. The topological polar surface area (TPSA) is 92.2 Å². The molecule has 2 rings (SSSR count). The van der Waals surface area contributed by atoms with Crippen LogP contribution in [0.15, 0.2) is 34.0 Å². The van der Waals surface area contributed by atoms with E-state index in [9.17, 15) is 13.2 Å². The third-order valence-electron chi connectivity index (χ3n) is 2.30. The molecule has 0 saturated carbocycles. The molecule has 0 amide bonds. The summed E-state index contributed by atoms with van der Waals surface area (Å²) in [5.41, 5.74) is -0.0218. The second-order valence-electron chi connectivity index (χ2n) is 3.67. The Morgan fingerprint density at radius 1 is 1.39 bits per heavy atom. The standard InChI is InChI=1S/C10H9ClN2O4S/c1-6-5-9(14)13(12-6)10-7(11)3-2-4-8(10)18(15,16)17/h2-5,12H,1H3,(H,15,16,17). The van der Waals surface area contributed by atoms with Gasteiger partial charge >= 0.3 is 0 Å². The molecule has 1 aromatic carbocycles. The van der Waals surface area contributed by atoms with E-state index >= 15 is 0 Å². The third-order valence-corrected chi connectivity index (χ3v) is 3.49. The maximum Gasteiger partial charge on any atom is 0.296 e. The molecular formula is C10H9ClN2O4S. The molecule has 6 nitrogen and oxygen atoms in total. The molecule has 0 radical (unpaired) electrons. The monoisotopic (exact) mass is 288 g/mol. The van der Waals surface area contributed by atoms with E-state index in [0.717, 1.165) is 4.68 Å². The minimum atomic E-state index is -4.48. The first-order valence-electron chi connectivity index (χ1n) is 4.86. The van der Waals surface area contributed by atoms with E-state index in [1.807, 2.05) is 0 Å². The lowest BCUT2D eigenvalue weighted by Gasteiger charge is -2.09. The van der Waals surface area contributed by atoms with Crippen LogP contribution in [0.3, 0.4) is 0 Å². The quantitative estimate of drug-likeness (QED) is 0.817. The first-order valence-corrected chi connectivity index (χ1v) is 6.67. The van der Waals surface area contributed by atoms with Crippen molar-refractivity contribution in [3.05, 3.63) is 45.3 Å². The lowest BCUT2D eigenvalue weighted by molar-refractivity contribution is 0.482. The Morgan fingerprint density at radius 2 is 2.06 bits per heavy atom. The van der Waals surface area contributed by atoms with Crippen molar-refractivity contribution in [1.82, 2.24) is 9.78 Å². The summed E-state index contributed by atoms with van der Waals surface area (Å²) in [5.74, 6) is 0. The summed E-state index contributed by atoms with van der Waals surface area (Å²) >= 11 is 5.90. The molecule has 0 aliphatic rings. The maximum atomic E-state index is 11.7. The summed E-state index contributed by atoms with van der Waals surface area (Å²) in [4.78, 5) is 11.2. The molecule has 0 aliphatic carbocycles. The summed E-state index contributed by atoms with van der Waals surface area (Å²) in [6.07, 6.45) is 0. The van der Waals surface area contributed by atoms with Crippen molar-refractivity contribution >= 4 is 21.7 Å². The van der Waals surface area contributed by atoms with Gasteiger partial charge in [0, 0.05) is 11.8 Å². The van der Waals surface area contributed by atoms with Crippen LogP contribution in [0.1, 0.15) is 5.69 Å². The molecule has 96 valence electrons. The number of para-hydroxylation sites is 1. The van der Waals surface area contributed by atoms with Gasteiger partial charge in [0.2, 0.25) is 0 Å². The summed E-state index contributed by atoms with van der Waals surface area (Å²) in [7, 11) is -4.48. The zero-order valence-electron chi connectivity index (χ0n) is 9.21. The highest BCUT2D eigenvalue weighted by Crippen LogP contribution is 2.26. The number of H-pyrrole nitrogens is 1. The summed E-state index contributed by atoms with van der Waals surface area (Å²) in [6, 6.07) is 5.25. The molecule has 0 unspecified atom stereocenters. The van der Waals surface area contributed by atoms with Gasteiger partial charge < -0.3 is 0 Å². The fraction of sp³-hybridized carbons (Fsp3) is 0.100. The molecule has 1 aromatic heterocycles. The van der Waals surface area contributed by atoms with Gasteiger partial charge in [0.05, 0.1) is 5.02 Å². The smallest absolute Gasteiger partial charge is 0.295 e. The van der Waals surface area contributed by atoms with Crippen molar-refractivity contribution in [3.63, 3.8) is 0 Å². The molecule has 0 atom stereocenters.